The second kappa shape index (κ2) is 4.90. The van der Waals surface area contributed by atoms with Crippen molar-refractivity contribution in [1.82, 2.24) is 0 Å². The Morgan fingerprint density at radius 3 is 2.76 bits per heavy atom. The molecule has 0 aliphatic heterocycles. The van der Waals surface area contributed by atoms with Gasteiger partial charge in [-0.05, 0) is 42.8 Å². The van der Waals surface area contributed by atoms with Gasteiger partial charge in [-0.25, -0.2) is 0 Å². The molecule has 0 spiro atoms. The van der Waals surface area contributed by atoms with E-state index in [2.05, 4.69) is 6.07 Å². The number of halogens is 1. The van der Waals surface area contributed by atoms with Crippen molar-refractivity contribution in [2.24, 2.45) is 0 Å². The van der Waals surface area contributed by atoms with Gasteiger partial charge in [-0.3, -0.25) is 0 Å². The van der Waals surface area contributed by atoms with Crippen LogP contribution in [0.1, 0.15) is 17.1 Å². The minimum Gasteiger partial charge on any atom is -0.462 e. The van der Waals surface area contributed by atoms with Crippen molar-refractivity contribution in [2.75, 3.05) is 0 Å². The maximum atomic E-state index is 9.14. The van der Waals surface area contributed by atoms with E-state index in [-0.39, 0.29) is 0 Å². The van der Waals surface area contributed by atoms with Crippen molar-refractivity contribution in [2.45, 2.75) is 6.92 Å². The number of rotatable bonds is 2. The summed E-state index contributed by atoms with van der Waals surface area (Å²) < 4.78 is 5.41. The SMILES string of the molecule is Cc1ccc(/C=C(/C#N)c2cccc(Cl)c2)o1. The summed E-state index contributed by atoms with van der Waals surface area (Å²) in [4.78, 5) is 0. The number of benzene rings is 1. The summed E-state index contributed by atoms with van der Waals surface area (Å²) in [6.45, 7) is 1.86. The van der Waals surface area contributed by atoms with Gasteiger partial charge in [0.15, 0.2) is 0 Å². The molecule has 0 bridgehead atoms. The van der Waals surface area contributed by atoms with E-state index in [1.807, 2.05) is 31.2 Å². The minimum absolute atomic E-state index is 0.529. The van der Waals surface area contributed by atoms with Crippen LogP contribution in [-0.2, 0) is 0 Å². The predicted molar refractivity (Wildman–Crippen MR) is 68.4 cm³/mol. The highest BCUT2D eigenvalue weighted by Gasteiger charge is 2.03. The van der Waals surface area contributed by atoms with E-state index in [1.54, 1.807) is 18.2 Å². The molecule has 0 amide bonds. The van der Waals surface area contributed by atoms with Gasteiger partial charge in [0.2, 0.25) is 0 Å². The molecule has 3 heteroatoms. The van der Waals surface area contributed by atoms with Crippen LogP contribution in [0.15, 0.2) is 40.8 Å². The summed E-state index contributed by atoms with van der Waals surface area (Å²) >= 11 is 5.89. The van der Waals surface area contributed by atoms with E-state index in [1.165, 1.54) is 0 Å². The molecule has 1 aromatic heterocycles. The fraction of sp³-hybridized carbons (Fsp3) is 0.0714. The molecule has 0 fully saturated rings. The fourth-order valence-electron chi connectivity index (χ4n) is 1.51. The van der Waals surface area contributed by atoms with E-state index in [9.17, 15) is 0 Å². The van der Waals surface area contributed by atoms with Gasteiger partial charge in [0.25, 0.3) is 0 Å². The molecular weight excluding hydrogens is 234 g/mol. The molecule has 0 radical (unpaired) electrons. The quantitative estimate of drug-likeness (QED) is 0.737. The lowest BCUT2D eigenvalue weighted by Gasteiger charge is -1.98. The Morgan fingerprint density at radius 1 is 1.35 bits per heavy atom. The molecule has 17 heavy (non-hydrogen) atoms. The van der Waals surface area contributed by atoms with Gasteiger partial charge in [0.05, 0.1) is 11.6 Å². The van der Waals surface area contributed by atoms with Crippen LogP contribution in [0.2, 0.25) is 5.02 Å². The molecule has 0 unspecified atom stereocenters. The normalized spacial score (nSPS) is 11.2. The van der Waals surface area contributed by atoms with Gasteiger partial charge in [0, 0.05) is 5.02 Å². The van der Waals surface area contributed by atoms with Crippen LogP contribution >= 0.6 is 11.6 Å². The zero-order chi connectivity index (χ0) is 12.3. The predicted octanol–water partition coefficient (Wildman–Crippen LogP) is 4.31. The molecule has 2 rings (SSSR count). The third-order valence-corrected chi connectivity index (χ3v) is 2.54. The zero-order valence-electron chi connectivity index (χ0n) is 9.27. The Bertz CT molecular complexity index is 605. The number of nitrogens with zero attached hydrogens (tertiary/aromatic N) is 1. The maximum Gasteiger partial charge on any atom is 0.128 e. The summed E-state index contributed by atoms with van der Waals surface area (Å²) in [7, 11) is 0. The Labute approximate surface area is 105 Å². The number of furan rings is 1. The molecule has 84 valence electrons. The van der Waals surface area contributed by atoms with E-state index in [0.717, 1.165) is 11.3 Å². The minimum atomic E-state index is 0.529. The lowest BCUT2D eigenvalue weighted by Crippen LogP contribution is -1.80. The average molecular weight is 244 g/mol. The lowest BCUT2D eigenvalue weighted by atomic mass is 10.1. The van der Waals surface area contributed by atoms with Crippen LogP contribution in [0, 0.1) is 18.3 Å². The van der Waals surface area contributed by atoms with Crippen LogP contribution in [0.25, 0.3) is 11.6 Å². The number of hydrogen-bond donors (Lipinski definition) is 0. The van der Waals surface area contributed by atoms with E-state index in [4.69, 9.17) is 21.3 Å². The molecule has 0 saturated carbocycles. The van der Waals surface area contributed by atoms with Crippen molar-refractivity contribution < 1.29 is 4.42 Å². The van der Waals surface area contributed by atoms with Crippen molar-refractivity contribution >= 4 is 23.3 Å². The molecule has 0 aliphatic rings. The van der Waals surface area contributed by atoms with Crippen molar-refractivity contribution in [3.8, 4) is 6.07 Å². The lowest BCUT2D eigenvalue weighted by molar-refractivity contribution is 0.525. The Morgan fingerprint density at radius 2 is 2.18 bits per heavy atom. The summed E-state index contributed by atoms with van der Waals surface area (Å²) in [5.74, 6) is 1.48. The number of allylic oxidation sites excluding steroid dienone is 1. The third-order valence-electron chi connectivity index (χ3n) is 2.30. The van der Waals surface area contributed by atoms with Gasteiger partial charge in [-0.1, -0.05) is 23.7 Å². The first-order valence-electron chi connectivity index (χ1n) is 5.13. The highest BCUT2D eigenvalue weighted by molar-refractivity contribution is 6.30. The van der Waals surface area contributed by atoms with Crippen LogP contribution in [0.3, 0.4) is 0 Å². The zero-order valence-corrected chi connectivity index (χ0v) is 10.0. The topological polar surface area (TPSA) is 36.9 Å². The summed E-state index contributed by atoms with van der Waals surface area (Å²) in [6, 6.07) is 13.0. The summed E-state index contributed by atoms with van der Waals surface area (Å²) in [6.07, 6.45) is 1.71. The summed E-state index contributed by atoms with van der Waals surface area (Å²) in [5, 5.41) is 9.75. The first-order valence-corrected chi connectivity index (χ1v) is 5.51. The number of hydrogen-bond acceptors (Lipinski definition) is 2. The van der Waals surface area contributed by atoms with E-state index in [0.29, 0.717) is 16.4 Å². The standard InChI is InChI=1S/C14H10ClNO/c1-10-5-6-14(17-10)8-12(9-16)11-3-2-4-13(15)7-11/h2-8H,1H3/b12-8-. The van der Waals surface area contributed by atoms with Gasteiger partial charge in [-0.2, -0.15) is 5.26 Å². The van der Waals surface area contributed by atoms with Crippen molar-refractivity contribution in [1.29, 1.82) is 5.26 Å². The molecule has 1 heterocycles. The molecule has 0 saturated heterocycles. The number of nitriles is 1. The van der Waals surface area contributed by atoms with Crippen molar-refractivity contribution in [3.63, 3.8) is 0 Å². The monoisotopic (exact) mass is 243 g/mol. The highest BCUT2D eigenvalue weighted by Crippen LogP contribution is 2.21. The van der Waals surface area contributed by atoms with Gasteiger partial charge < -0.3 is 4.42 Å². The first-order chi connectivity index (χ1) is 8.19. The highest BCUT2D eigenvalue weighted by atomic mass is 35.5. The van der Waals surface area contributed by atoms with Crippen LogP contribution in [0.4, 0.5) is 0 Å². The van der Waals surface area contributed by atoms with Crippen molar-refractivity contribution in [3.05, 3.63) is 58.5 Å². The Balaban J connectivity index is 2.41. The second-order valence-corrected chi connectivity index (χ2v) is 4.07. The molecule has 0 N–H and O–H groups in total. The van der Waals surface area contributed by atoms with Crippen LogP contribution in [-0.4, -0.2) is 0 Å². The van der Waals surface area contributed by atoms with Crippen LogP contribution < -0.4 is 0 Å². The fourth-order valence-corrected chi connectivity index (χ4v) is 1.70. The van der Waals surface area contributed by atoms with Gasteiger partial charge >= 0.3 is 0 Å². The van der Waals surface area contributed by atoms with Gasteiger partial charge in [-0.15, -0.1) is 0 Å². The smallest absolute Gasteiger partial charge is 0.128 e. The van der Waals surface area contributed by atoms with E-state index < -0.39 is 0 Å². The van der Waals surface area contributed by atoms with E-state index >= 15 is 0 Å². The summed E-state index contributed by atoms with van der Waals surface area (Å²) in [5.41, 5.74) is 1.32. The molecule has 2 aromatic rings. The molecule has 2 nitrogen and oxygen atoms in total. The third kappa shape index (κ3) is 2.77. The maximum absolute atomic E-state index is 9.14. The molecule has 0 aliphatic carbocycles. The Hall–Kier alpha value is -1.98. The van der Waals surface area contributed by atoms with Gasteiger partial charge in [0.1, 0.15) is 11.5 Å². The first kappa shape index (κ1) is 11.5. The van der Waals surface area contributed by atoms with Crippen LogP contribution in [0.5, 0.6) is 0 Å². The molecule has 1 aromatic carbocycles. The number of aryl methyl sites for hydroxylation is 1. The largest absolute Gasteiger partial charge is 0.462 e. The Kier molecular flexibility index (Phi) is 3.32. The average Bonchev–Trinajstić information content (AvgIpc) is 2.72. The second-order valence-electron chi connectivity index (χ2n) is 3.63. The molecular formula is C14H10ClNO. The molecule has 0 atom stereocenters.